The van der Waals surface area contributed by atoms with E-state index in [1.807, 2.05) is 26.0 Å². The van der Waals surface area contributed by atoms with Crippen molar-refractivity contribution in [1.29, 1.82) is 0 Å². The highest BCUT2D eigenvalue weighted by atomic mass is 16.6. The number of hydrogen-bond donors (Lipinski definition) is 1. The molecule has 24 heavy (non-hydrogen) atoms. The van der Waals surface area contributed by atoms with Crippen LogP contribution in [-0.2, 0) is 17.7 Å². The standard InChI is InChI=1S/C19H32N2O3/c1-5-7-9-17-11-10-16(18(22)20-17)13-21(12-8-6-2)19(23)24-14-15(3)4/h10-11,15H,5-9,12-14H2,1-4H3,(H,20,22). The van der Waals surface area contributed by atoms with Gasteiger partial charge in [-0.25, -0.2) is 4.79 Å². The number of hydrogen-bond acceptors (Lipinski definition) is 3. The molecule has 0 radical (unpaired) electrons. The van der Waals surface area contributed by atoms with Crippen molar-refractivity contribution in [3.8, 4) is 0 Å². The third-order valence-corrected chi connectivity index (χ3v) is 3.79. The second-order valence-corrected chi connectivity index (χ2v) is 6.69. The average molecular weight is 336 g/mol. The number of nitrogens with zero attached hydrogens (tertiary/aromatic N) is 1. The zero-order chi connectivity index (χ0) is 17.9. The Bertz CT molecular complexity index is 552. The highest BCUT2D eigenvalue weighted by Gasteiger charge is 2.17. The van der Waals surface area contributed by atoms with E-state index in [1.165, 1.54) is 0 Å². The average Bonchev–Trinajstić information content (AvgIpc) is 2.56. The Hall–Kier alpha value is -1.78. The molecule has 5 nitrogen and oxygen atoms in total. The number of aromatic amines is 1. The van der Waals surface area contributed by atoms with E-state index < -0.39 is 0 Å². The van der Waals surface area contributed by atoms with E-state index >= 15 is 0 Å². The maximum atomic E-state index is 12.3. The summed E-state index contributed by atoms with van der Waals surface area (Å²) in [6, 6.07) is 3.78. The van der Waals surface area contributed by atoms with Crippen LogP contribution in [0.3, 0.4) is 0 Å². The van der Waals surface area contributed by atoms with E-state index in [2.05, 4.69) is 18.8 Å². The molecule has 0 saturated heterocycles. The van der Waals surface area contributed by atoms with Crippen molar-refractivity contribution in [2.45, 2.75) is 66.3 Å². The molecule has 0 spiro atoms. The van der Waals surface area contributed by atoms with Crippen LogP contribution in [-0.4, -0.2) is 29.1 Å². The number of aromatic nitrogens is 1. The fourth-order valence-corrected chi connectivity index (χ4v) is 2.30. The van der Waals surface area contributed by atoms with Crippen LogP contribution in [0.2, 0.25) is 0 Å². The van der Waals surface area contributed by atoms with Gasteiger partial charge in [-0.15, -0.1) is 0 Å². The van der Waals surface area contributed by atoms with Gasteiger partial charge in [-0.1, -0.05) is 46.6 Å². The van der Waals surface area contributed by atoms with Crippen molar-refractivity contribution < 1.29 is 9.53 Å². The van der Waals surface area contributed by atoms with Gasteiger partial charge >= 0.3 is 6.09 Å². The zero-order valence-corrected chi connectivity index (χ0v) is 15.6. The molecule has 1 N–H and O–H groups in total. The van der Waals surface area contributed by atoms with Crippen LogP contribution in [0.25, 0.3) is 0 Å². The normalized spacial score (nSPS) is 10.9. The summed E-state index contributed by atoms with van der Waals surface area (Å²) in [5.74, 6) is 0.295. The van der Waals surface area contributed by atoms with Gasteiger partial charge in [-0.3, -0.25) is 4.79 Å². The third-order valence-electron chi connectivity index (χ3n) is 3.79. The van der Waals surface area contributed by atoms with Crippen molar-refractivity contribution in [3.63, 3.8) is 0 Å². The lowest BCUT2D eigenvalue weighted by atomic mass is 10.1. The molecule has 1 aromatic heterocycles. The quantitative estimate of drug-likeness (QED) is 0.699. The summed E-state index contributed by atoms with van der Waals surface area (Å²) >= 11 is 0. The summed E-state index contributed by atoms with van der Waals surface area (Å²) in [5, 5.41) is 0. The summed E-state index contributed by atoms with van der Waals surface area (Å²) in [6.45, 7) is 9.50. The Morgan fingerprint density at radius 3 is 2.50 bits per heavy atom. The highest BCUT2D eigenvalue weighted by Crippen LogP contribution is 2.08. The van der Waals surface area contributed by atoms with Crippen LogP contribution in [0.15, 0.2) is 16.9 Å². The number of nitrogens with one attached hydrogen (secondary N) is 1. The van der Waals surface area contributed by atoms with Gasteiger partial charge in [0.1, 0.15) is 0 Å². The Morgan fingerprint density at radius 1 is 1.21 bits per heavy atom. The molecule has 0 atom stereocenters. The Balaban J connectivity index is 2.78. The van der Waals surface area contributed by atoms with Gasteiger partial charge in [0.25, 0.3) is 5.56 Å². The van der Waals surface area contributed by atoms with E-state index in [4.69, 9.17) is 4.74 Å². The topological polar surface area (TPSA) is 62.4 Å². The summed E-state index contributed by atoms with van der Waals surface area (Å²) in [7, 11) is 0. The number of H-pyrrole nitrogens is 1. The molecule has 0 aromatic carbocycles. The molecule has 0 unspecified atom stereocenters. The first-order valence-corrected chi connectivity index (χ1v) is 9.10. The van der Waals surface area contributed by atoms with Gasteiger partial charge in [0.15, 0.2) is 0 Å². The van der Waals surface area contributed by atoms with Crippen LogP contribution in [0.5, 0.6) is 0 Å². The molecular weight excluding hydrogens is 304 g/mol. The second-order valence-electron chi connectivity index (χ2n) is 6.69. The number of unbranched alkanes of at least 4 members (excludes halogenated alkanes) is 2. The number of carbonyl (C=O) groups is 1. The SMILES string of the molecule is CCCCc1ccc(CN(CCCC)C(=O)OCC(C)C)c(=O)[nH]1. The van der Waals surface area contributed by atoms with Crippen LogP contribution in [0.1, 0.15) is 64.6 Å². The van der Waals surface area contributed by atoms with Crippen LogP contribution in [0, 0.1) is 5.92 Å². The third kappa shape index (κ3) is 7.20. The van der Waals surface area contributed by atoms with Gasteiger partial charge in [0.2, 0.25) is 0 Å². The van der Waals surface area contributed by atoms with E-state index in [9.17, 15) is 9.59 Å². The van der Waals surface area contributed by atoms with E-state index in [1.54, 1.807) is 4.90 Å². The molecule has 136 valence electrons. The Labute approximate surface area is 145 Å². The fourth-order valence-electron chi connectivity index (χ4n) is 2.30. The minimum absolute atomic E-state index is 0.109. The molecule has 1 rings (SSSR count). The number of carbonyl (C=O) groups excluding carboxylic acids is 1. The molecule has 0 bridgehead atoms. The second kappa shape index (κ2) is 10.9. The lowest BCUT2D eigenvalue weighted by Crippen LogP contribution is -2.34. The van der Waals surface area contributed by atoms with Crippen molar-refractivity contribution in [2.24, 2.45) is 5.92 Å². The summed E-state index contributed by atoms with van der Waals surface area (Å²) < 4.78 is 5.33. The van der Waals surface area contributed by atoms with Crippen LogP contribution < -0.4 is 5.56 Å². The monoisotopic (exact) mass is 336 g/mol. The number of amides is 1. The largest absolute Gasteiger partial charge is 0.449 e. The molecular formula is C19H32N2O3. The number of pyridine rings is 1. The van der Waals surface area contributed by atoms with E-state index in [-0.39, 0.29) is 11.7 Å². The first kappa shape index (κ1) is 20.3. The van der Waals surface area contributed by atoms with Crippen molar-refractivity contribution >= 4 is 6.09 Å². The molecule has 0 aliphatic rings. The fraction of sp³-hybridized carbons (Fsp3) is 0.684. The zero-order valence-electron chi connectivity index (χ0n) is 15.6. The molecule has 0 fully saturated rings. The van der Waals surface area contributed by atoms with Crippen molar-refractivity contribution in [2.75, 3.05) is 13.2 Å². The Kier molecular flexibility index (Phi) is 9.20. The first-order chi connectivity index (χ1) is 11.5. The minimum atomic E-state index is -0.341. The van der Waals surface area contributed by atoms with Gasteiger partial charge in [-0.05, 0) is 31.2 Å². The molecule has 1 heterocycles. The molecule has 1 amide bonds. The Morgan fingerprint density at radius 2 is 1.92 bits per heavy atom. The smallest absolute Gasteiger partial charge is 0.410 e. The van der Waals surface area contributed by atoms with Gasteiger partial charge in [0.05, 0.1) is 13.2 Å². The lowest BCUT2D eigenvalue weighted by Gasteiger charge is -2.22. The lowest BCUT2D eigenvalue weighted by molar-refractivity contribution is 0.0890. The van der Waals surface area contributed by atoms with Gasteiger partial charge in [-0.2, -0.15) is 0 Å². The minimum Gasteiger partial charge on any atom is -0.449 e. The highest BCUT2D eigenvalue weighted by molar-refractivity contribution is 5.67. The van der Waals surface area contributed by atoms with E-state index in [0.717, 1.165) is 37.8 Å². The predicted octanol–water partition coefficient (Wildman–Crippen LogP) is 4.11. The predicted molar refractivity (Wildman–Crippen MR) is 97.2 cm³/mol. The number of rotatable bonds is 10. The van der Waals surface area contributed by atoms with Gasteiger partial charge < -0.3 is 14.6 Å². The summed E-state index contributed by atoms with van der Waals surface area (Å²) in [6.07, 6.45) is 4.56. The molecule has 1 aromatic rings. The molecule has 0 saturated carbocycles. The van der Waals surface area contributed by atoms with E-state index in [0.29, 0.717) is 31.2 Å². The summed E-state index contributed by atoms with van der Waals surface area (Å²) in [5.41, 5.74) is 1.45. The van der Waals surface area contributed by atoms with Crippen LogP contribution >= 0.6 is 0 Å². The maximum absolute atomic E-state index is 12.3. The first-order valence-electron chi connectivity index (χ1n) is 9.10. The van der Waals surface area contributed by atoms with Crippen LogP contribution in [0.4, 0.5) is 4.79 Å². The van der Waals surface area contributed by atoms with Crippen molar-refractivity contribution in [1.82, 2.24) is 9.88 Å². The maximum Gasteiger partial charge on any atom is 0.410 e. The number of aryl methyl sites for hydroxylation is 1. The molecule has 0 aliphatic heterocycles. The summed E-state index contributed by atoms with van der Waals surface area (Å²) in [4.78, 5) is 29.1. The van der Waals surface area contributed by atoms with Crippen molar-refractivity contribution in [3.05, 3.63) is 33.7 Å². The number of ether oxygens (including phenoxy) is 1. The molecule has 0 aliphatic carbocycles. The van der Waals surface area contributed by atoms with Gasteiger partial charge in [0, 0.05) is 17.8 Å². The molecule has 5 heteroatoms.